The monoisotopic (exact) mass is 293 g/mol. The van der Waals surface area contributed by atoms with Crippen molar-refractivity contribution in [3.63, 3.8) is 0 Å². The van der Waals surface area contributed by atoms with Gasteiger partial charge in [-0.15, -0.1) is 0 Å². The maximum absolute atomic E-state index is 9.05. The molecule has 3 aromatic rings. The molecule has 22 heavy (non-hydrogen) atoms. The minimum absolute atomic E-state index is 0.0259. The van der Waals surface area contributed by atoms with Crippen molar-refractivity contribution in [2.75, 3.05) is 0 Å². The van der Waals surface area contributed by atoms with Crippen LogP contribution in [0.2, 0.25) is 0 Å². The number of pyridine rings is 3. The zero-order valence-electron chi connectivity index (χ0n) is 11.8. The summed E-state index contributed by atoms with van der Waals surface area (Å²) in [4.78, 5) is 13.2. The highest BCUT2D eigenvalue weighted by molar-refractivity contribution is 5.61. The van der Waals surface area contributed by atoms with Crippen molar-refractivity contribution in [3.05, 3.63) is 66.0 Å². The molecule has 5 heteroatoms. The van der Waals surface area contributed by atoms with Gasteiger partial charge in [0, 0.05) is 12.4 Å². The van der Waals surface area contributed by atoms with Crippen LogP contribution in [0.5, 0.6) is 0 Å². The molecule has 3 aromatic heterocycles. The molecule has 0 aliphatic rings. The standard InChI is InChI=1S/C17H15N3O2/c21-10-12-4-6-14(18-8-12)16-2-1-3-17(20-16)15-7-5-13(11-22)9-19-15/h1-9,21-22H,10-11H2. The Morgan fingerprint density at radius 1 is 0.636 bits per heavy atom. The van der Waals surface area contributed by atoms with Crippen molar-refractivity contribution in [2.45, 2.75) is 13.2 Å². The molecule has 3 heterocycles. The SMILES string of the molecule is OCc1ccc(-c2cccc(-c3ccc(CO)cn3)n2)nc1. The molecule has 0 radical (unpaired) electrons. The van der Waals surface area contributed by atoms with Crippen molar-refractivity contribution in [2.24, 2.45) is 0 Å². The van der Waals surface area contributed by atoms with Crippen molar-refractivity contribution in [1.29, 1.82) is 0 Å². The summed E-state index contributed by atoms with van der Waals surface area (Å²) in [5.41, 5.74) is 4.50. The Balaban J connectivity index is 1.93. The lowest BCUT2D eigenvalue weighted by Crippen LogP contribution is -1.93. The van der Waals surface area contributed by atoms with Crippen LogP contribution in [0, 0.1) is 0 Å². The van der Waals surface area contributed by atoms with E-state index in [0.29, 0.717) is 0 Å². The Labute approximate surface area is 128 Å². The van der Waals surface area contributed by atoms with Crippen molar-refractivity contribution < 1.29 is 10.2 Å². The smallest absolute Gasteiger partial charge is 0.0894 e. The van der Waals surface area contributed by atoms with Crippen LogP contribution < -0.4 is 0 Å². The van der Waals surface area contributed by atoms with Crippen molar-refractivity contribution in [3.8, 4) is 22.8 Å². The number of nitrogens with zero attached hydrogens (tertiary/aromatic N) is 3. The Morgan fingerprint density at radius 3 is 1.50 bits per heavy atom. The minimum atomic E-state index is -0.0259. The molecule has 3 rings (SSSR count). The van der Waals surface area contributed by atoms with Gasteiger partial charge in [0.25, 0.3) is 0 Å². The molecule has 0 atom stereocenters. The van der Waals surface area contributed by atoms with Gasteiger partial charge >= 0.3 is 0 Å². The molecule has 0 saturated carbocycles. The fourth-order valence-corrected chi connectivity index (χ4v) is 2.06. The molecule has 0 spiro atoms. The maximum Gasteiger partial charge on any atom is 0.0894 e. The van der Waals surface area contributed by atoms with Crippen LogP contribution in [0.25, 0.3) is 22.8 Å². The first-order valence-electron chi connectivity index (χ1n) is 6.89. The minimum Gasteiger partial charge on any atom is -0.392 e. The number of hydrogen-bond donors (Lipinski definition) is 2. The lowest BCUT2D eigenvalue weighted by atomic mass is 10.1. The Kier molecular flexibility index (Phi) is 4.18. The topological polar surface area (TPSA) is 79.1 Å². The number of aliphatic hydroxyl groups excluding tert-OH is 2. The molecule has 0 saturated heterocycles. The molecule has 0 aliphatic heterocycles. The number of hydrogen-bond acceptors (Lipinski definition) is 5. The zero-order chi connectivity index (χ0) is 15.4. The van der Waals surface area contributed by atoms with Crippen LogP contribution in [0.4, 0.5) is 0 Å². The molecule has 0 fully saturated rings. The summed E-state index contributed by atoms with van der Waals surface area (Å²) in [6.07, 6.45) is 3.27. The highest BCUT2D eigenvalue weighted by atomic mass is 16.3. The second-order valence-corrected chi connectivity index (χ2v) is 4.83. The van der Waals surface area contributed by atoms with Crippen LogP contribution in [0.15, 0.2) is 54.9 Å². The Bertz CT molecular complexity index is 693. The first kappa shape index (κ1) is 14.3. The molecular formula is C17H15N3O2. The fraction of sp³-hybridized carbons (Fsp3) is 0.118. The normalized spacial score (nSPS) is 10.6. The summed E-state index contributed by atoms with van der Waals surface area (Å²) >= 11 is 0. The van der Waals surface area contributed by atoms with Gasteiger partial charge < -0.3 is 10.2 Å². The van der Waals surface area contributed by atoms with Crippen molar-refractivity contribution in [1.82, 2.24) is 15.0 Å². The summed E-state index contributed by atoms with van der Waals surface area (Å²) in [5, 5.41) is 18.1. The van der Waals surface area contributed by atoms with E-state index < -0.39 is 0 Å². The van der Waals surface area contributed by atoms with E-state index in [1.165, 1.54) is 0 Å². The van der Waals surface area contributed by atoms with E-state index in [9.17, 15) is 0 Å². The molecule has 0 bridgehead atoms. The fourth-order valence-electron chi connectivity index (χ4n) is 2.06. The Hall–Kier alpha value is -2.63. The number of aromatic nitrogens is 3. The van der Waals surface area contributed by atoms with E-state index in [0.717, 1.165) is 33.9 Å². The first-order valence-corrected chi connectivity index (χ1v) is 6.89. The van der Waals surface area contributed by atoms with Crippen LogP contribution >= 0.6 is 0 Å². The van der Waals surface area contributed by atoms with Gasteiger partial charge in [-0.05, 0) is 35.4 Å². The van der Waals surface area contributed by atoms with Crippen LogP contribution in [-0.2, 0) is 13.2 Å². The highest BCUT2D eigenvalue weighted by Crippen LogP contribution is 2.20. The van der Waals surface area contributed by atoms with Gasteiger partial charge in [-0.3, -0.25) is 9.97 Å². The summed E-state index contributed by atoms with van der Waals surface area (Å²) in [6, 6.07) is 13.0. The van der Waals surface area contributed by atoms with Gasteiger partial charge in [0.05, 0.1) is 36.0 Å². The molecule has 0 aromatic carbocycles. The van der Waals surface area contributed by atoms with Crippen LogP contribution in [0.1, 0.15) is 11.1 Å². The average molecular weight is 293 g/mol. The van der Waals surface area contributed by atoms with Gasteiger partial charge in [-0.25, -0.2) is 4.98 Å². The summed E-state index contributed by atoms with van der Waals surface area (Å²) < 4.78 is 0. The quantitative estimate of drug-likeness (QED) is 0.771. The maximum atomic E-state index is 9.05. The van der Waals surface area contributed by atoms with Gasteiger partial charge in [0.15, 0.2) is 0 Å². The second-order valence-electron chi connectivity index (χ2n) is 4.83. The van der Waals surface area contributed by atoms with E-state index in [2.05, 4.69) is 15.0 Å². The Morgan fingerprint density at radius 2 is 1.14 bits per heavy atom. The van der Waals surface area contributed by atoms with Gasteiger partial charge in [0.2, 0.25) is 0 Å². The summed E-state index contributed by atoms with van der Waals surface area (Å²) in [6.45, 7) is -0.0518. The van der Waals surface area contributed by atoms with Crippen LogP contribution in [0.3, 0.4) is 0 Å². The van der Waals surface area contributed by atoms with Crippen molar-refractivity contribution >= 4 is 0 Å². The van der Waals surface area contributed by atoms with E-state index in [1.54, 1.807) is 12.4 Å². The third-order valence-corrected chi connectivity index (χ3v) is 3.29. The lowest BCUT2D eigenvalue weighted by Gasteiger charge is -2.05. The van der Waals surface area contributed by atoms with Crippen LogP contribution in [-0.4, -0.2) is 25.2 Å². The molecule has 5 nitrogen and oxygen atoms in total. The average Bonchev–Trinajstić information content (AvgIpc) is 2.62. The predicted molar refractivity (Wildman–Crippen MR) is 82.5 cm³/mol. The van der Waals surface area contributed by atoms with E-state index in [1.807, 2.05) is 42.5 Å². The number of rotatable bonds is 4. The highest BCUT2D eigenvalue weighted by Gasteiger charge is 2.06. The molecule has 110 valence electrons. The van der Waals surface area contributed by atoms with E-state index in [4.69, 9.17) is 10.2 Å². The molecule has 0 amide bonds. The van der Waals surface area contributed by atoms with Gasteiger partial charge in [0.1, 0.15) is 0 Å². The molecule has 2 N–H and O–H groups in total. The van der Waals surface area contributed by atoms with E-state index >= 15 is 0 Å². The van der Waals surface area contributed by atoms with Gasteiger partial charge in [-0.2, -0.15) is 0 Å². The predicted octanol–water partition coefficient (Wildman–Crippen LogP) is 2.19. The summed E-state index contributed by atoms with van der Waals surface area (Å²) in [5.74, 6) is 0. The lowest BCUT2D eigenvalue weighted by molar-refractivity contribution is 0.281. The zero-order valence-corrected chi connectivity index (χ0v) is 11.8. The largest absolute Gasteiger partial charge is 0.392 e. The summed E-state index contributed by atoms with van der Waals surface area (Å²) in [7, 11) is 0. The molecule has 0 aliphatic carbocycles. The number of aliphatic hydroxyl groups is 2. The van der Waals surface area contributed by atoms with E-state index in [-0.39, 0.29) is 13.2 Å². The third kappa shape index (κ3) is 3.00. The molecular weight excluding hydrogens is 278 g/mol. The third-order valence-electron chi connectivity index (χ3n) is 3.29. The first-order chi connectivity index (χ1) is 10.8. The molecule has 0 unspecified atom stereocenters. The van der Waals surface area contributed by atoms with Gasteiger partial charge in [-0.1, -0.05) is 18.2 Å². The second kappa shape index (κ2) is 6.43.